The summed E-state index contributed by atoms with van der Waals surface area (Å²) in [5.74, 6) is 0.742. The molecule has 3 aliphatic rings. The van der Waals surface area contributed by atoms with Crippen LogP contribution in [-0.2, 0) is 11.3 Å². The Morgan fingerprint density at radius 3 is 2.69 bits per heavy atom. The Hall–Kier alpha value is -1.60. The molecule has 0 aliphatic carbocycles. The molecule has 2 saturated heterocycles. The van der Waals surface area contributed by atoms with Crippen molar-refractivity contribution in [3.63, 3.8) is 0 Å². The van der Waals surface area contributed by atoms with Crippen LogP contribution in [0.1, 0.15) is 80.1 Å². The van der Waals surface area contributed by atoms with Crippen LogP contribution in [0.2, 0.25) is 0 Å². The van der Waals surface area contributed by atoms with Gasteiger partial charge in [0.2, 0.25) is 5.91 Å². The molecule has 0 spiro atoms. The predicted molar refractivity (Wildman–Crippen MR) is 126 cm³/mol. The molecule has 0 bridgehead atoms. The van der Waals surface area contributed by atoms with Crippen LogP contribution in [0.4, 0.5) is 4.39 Å². The van der Waals surface area contributed by atoms with E-state index in [1.807, 2.05) is 15.9 Å². The number of thioether (sulfide) groups is 1. The number of likely N-dealkylation sites (tertiary alicyclic amines) is 1. The third kappa shape index (κ3) is 5.66. The van der Waals surface area contributed by atoms with E-state index in [0.29, 0.717) is 18.9 Å². The lowest BCUT2D eigenvalue weighted by molar-refractivity contribution is -0.132. The number of piperidine rings is 2. The minimum absolute atomic E-state index is 0.146. The fraction of sp³-hybridized carbons (Fsp3) is 0.680. The Morgan fingerprint density at radius 1 is 1.09 bits per heavy atom. The minimum Gasteiger partial charge on any atom is -0.343 e. The van der Waals surface area contributed by atoms with E-state index < -0.39 is 0 Å². The highest BCUT2D eigenvalue weighted by molar-refractivity contribution is 7.99. The number of fused-ring (bicyclic) bond motifs is 1. The molecule has 0 saturated carbocycles. The van der Waals surface area contributed by atoms with Gasteiger partial charge in [-0.25, -0.2) is 4.39 Å². The molecule has 176 valence electrons. The van der Waals surface area contributed by atoms with E-state index in [9.17, 15) is 14.0 Å². The monoisotopic (exact) mass is 461 g/mol. The summed E-state index contributed by atoms with van der Waals surface area (Å²) in [5, 5.41) is 3.36. The second-order valence-corrected chi connectivity index (χ2v) is 10.4. The fourth-order valence-corrected chi connectivity index (χ4v) is 6.19. The van der Waals surface area contributed by atoms with Gasteiger partial charge in [-0.1, -0.05) is 12.8 Å². The predicted octanol–water partition coefficient (Wildman–Crippen LogP) is 4.59. The Kier molecular flexibility index (Phi) is 8.47. The van der Waals surface area contributed by atoms with Gasteiger partial charge in [-0.2, -0.15) is 0 Å². The van der Waals surface area contributed by atoms with Crippen molar-refractivity contribution in [3.8, 4) is 0 Å². The van der Waals surface area contributed by atoms with E-state index in [2.05, 4.69) is 5.32 Å². The van der Waals surface area contributed by atoms with Crippen molar-refractivity contribution in [2.24, 2.45) is 0 Å². The highest BCUT2D eigenvalue weighted by Gasteiger charge is 2.36. The third-order valence-corrected chi connectivity index (χ3v) is 8.17. The number of unbranched alkanes of at least 4 members (excludes halogenated alkanes) is 3. The lowest BCUT2D eigenvalue weighted by Gasteiger charge is -2.31. The van der Waals surface area contributed by atoms with Crippen LogP contribution in [0, 0.1) is 5.82 Å². The van der Waals surface area contributed by atoms with Gasteiger partial charge in [-0.05, 0) is 69.4 Å². The van der Waals surface area contributed by atoms with Gasteiger partial charge in [-0.15, -0.1) is 11.8 Å². The molecule has 2 fully saturated rings. The SMILES string of the molecule is O=C(CCCCCCSc1ccc(F)c2c1CN(C1CCCNC1)C2=O)N1CCCCC1. The van der Waals surface area contributed by atoms with Crippen LogP contribution in [-0.4, -0.2) is 59.6 Å². The molecule has 4 rings (SSSR count). The summed E-state index contributed by atoms with van der Waals surface area (Å²) < 4.78 is 14.5. The molecule has 1 aromatic carbocycles. The summed E-state index contributed by atoms with van der Waals surface area (Å²) in [7, 11) is 0. The molecule has 3 aliphatic heterocycles. The first-order valence-electron chi connectivity index (χ1n) is 12.4. The molecule has 3 heterocycles. The van der Waals surface area contributed by atoms with Crippen molar-refractivity contribution < 1.29 is 14.0 Å². The topological polar surface area (TPSA) is 52.7 Å². The van der Waals surface area contributed by atoms with Crippen LogP contribution >= 0.6 is 11.8 Å². The van der Waals surface area contributed by atoms with E-state index >= 15 is 0 Å². The van der Waals surface area contributed by atoms with Gasteiger partial charge < -0.3 is 15.1 Å². The number of hydrogen-bond donors (Lipinski definition) is 1. The molecule has 1 aromatic rings. The number of hydrogen-bond acceptors (Lipinski definition) is 4. The van der Waals surface area contributed by atoms with Crippen LogP contribution in [0.25, 0.3) is 0 Å². The number of carbonyl (C=O) groups excluding carboxylic acids is 2. The van der Waals surface area contributed by atoms with Crippen molar-refractivity contribution in [3.05, 3.63) is 29.1 Å². The first-order valence-corrected chi connectivity index (χ1v) is 13.4. The van der Waals surface area contributed by atoms with Crippen LogP contribution in [0.5, 0.6) is 0 Å². The van der Waals surface area contributed by atoms with Crippen LogP contribution in [0.3, 0.4) is 0 Å². The largest absolute Gasteiger partial charge is 0.343 e. The lowest BCUT2D eigenvalue weighted by atomic mass is 10.1. The lowest BCUT2D eigenvalue weighted by Crippen LogP contribution is -2.46. The van der Waals surface area contributed by atoms with E-state index in [0.717, 1.165) is 93.8 Å². The Balaban J connectivity index is 1.20. The van der Waals surface area contributed by atoms with Gasteiger partial charge >= 0.3 is 0 Å². The van der Waals surface area contributed by atoms with Gasteiger partial charge in [0.15, 0.2) is 0 Å². The number of nitrogens with one attached hydrogen (secondary N) is 1. The number of carbonyl (C=O) groups is 2. The number of benzene rings is 1. The van der Waals surface area contributed by atoms with E-state index in [1.165, 1.54) is 12.5 Å². The van der Waals surface area contributed by atoms with Crippen LogP contribution < -0.4 is 5.32 Å². The molecular weight excluding hydrogens is 425 g/mol. The van der Waals surface area contributed by atoms with E-state index in [4.69, 9.17) is 0 Å². The maximum absolute atomic E-state index is 14.5. The fourth-order valence-electron chi connectivity index (χ4n) is 5.12. The standard InChI is InChI=1S/C25H36FN3O2S/c26-21-11-12-22(20-18-29(25(31)24(20)21)19-9-8-13-27-17-19)32-16-7-2-1-4-10-23(30)28-14-5-3-6-15-28/h11-12,19,27H,1-10,13-18H2. The quantitative estimate of drug-likeness (QED) is 0.432. The number of amides is 2. The smallest absolute Gasteiger partial charge is 0.257 e. The Morgan fingerprint density at radius 2 is 1.91 bits per heavy atom. The van der Waals surface area contributed by atoms with Gasteiger partial charge in [0, 0.05) is 49.1 Å². The molecule has 7 heteroatoms. The van der Waals surface area contributed by atoms with Gasteiger partial charge in [0.05, 0.1) is 5.56 Å². The van der Waals surface area contributed by atoms with Crippen LogP contribution in [0.15, 0.2) is 17.0 Å². The molecule has 0 aromatic heterocycles. The summed E-state index contributed by atoms with van der Waals surface area (Å²) in [5.41, 5.74) is 1.16. The second-order valence-electron chi connectivity index (χ2n) is 9.29. The number of halogens is 1. The normalized spacial score (nSPS) is 21.2. The Bertz CT molecular complexity index is 807. The average Bonchev–Trinajstić information content (AvgIpc) is 3.19. The minimum atomic E-state index is -0.390. The first kappa shape index (κ1) is 23.6. The maximum Gasteiger partial charge on any atom is 0.257 e. The Labute approximate surface area is 195 Å². The molecule has 1 N–H and O–H groups in total. The van der Waals surface area contributed by atoms with Crippen molar-refractivity contribution in [1.29, 1.82) is 0 Å². The van der Waals surface area contributed by atoms with Crippen molar-refractivity contribution in [2.75, 3.05) is 31.9 Å². The number of nitrogens with zero attached hydrogens (tertiary/aromatic N) is 2. The highest BCUT2D eigenvalue weighted by Crippen LogP contribution is 2.36. The first-order chi connectivity index (χ1) is 15.6. The third-order valence-electron chi connectivity index (χ3n) is 6.99. The van der Waals surface area contributed by atoms with Gasteiger partial charge in [-0.3, -0.25) is 9.59 Å². The molecule has 1 atom stereocenters. The van der Waals surface area contributed by atoms with Crippen molar-refractivity contribution in [2.45, 2.75) is 81.7 Å². The number of rotatable bonds is 9. The van der Waals surface area contributed by atoms with Crippen molar-refractivity contribution in [1.82, 2.24) is 15.1 Å². The highest BCUT2D eigenvalue weighted by atomic mass is 32.2. The molecular formula is C25H36FN3O2S. The molecule has 5 nitrogen and oxygen atoms in total. The maximum atomic E-state index is 14.5. The van der Waals surface area contributed by atoms with Gasteiger partial charge in [0.1, 0.15) is 5.82 Å². The summed E-state index contributed by atoms with van der Waals surface area (Å²) in [4.78, 5) is 30.1. The summed E-state index contributed by atoms with van der Waals surface area (Å²) in [6, 6.07) is 3.45. The molecule has 2 amide bonds. The van der Waals surface area contributed by atoms with E-state index in [1.54, 1.807) is 11.8 Å². The van der Waals surface area contributed by atoms with Crippen molar-refractivity contribution >= 4 is 23.6 Å². The second kappa shape index (κ2) is 11.5. The average molecular weight is 462 g/mol. The molecule has 0 radical (unpaired) electrons. The molecule has 1 unspecified atom stereocenters. The molecule has 32 heavy (non-hydrogen) atoms. The summed E-state index contributed by atoms with van der Waals surface area (Å²) >= 11 is 1.74. The summed E-state index contributed by atoms with van der Waals surface area (Å²) in [6.07, 6.45) is 10.5. The zero-order valence-corrected chi connectivity index (χ0v) is 19.9. The van der Waals surface area contributed by atoms with Gasteiger partial charge in [0.25, 0.3) is 5.91 Å². The summed E-state index contributed by atoms with van der Waals surface area (Å²) in [6.45, 7) is 4.19. The zero-order chi connectivity index (χ0) is 22.3. The zero-order valence-electron chi connectivity index (χ0n) is 19.0. The van der Waals surface area contributed by atoms with E-state index in [-0.39, 0.29) is 23.3 Å².